The van der Waals surface area contributed by atoms with Crippen molar-refractivity contribution >= 4 is 11.7 Å². The van der Waals surface area contributed by atoms with Crippen molar-refractivity contribution in [3.8, 4) is 0 Å². The predicted octanol–water partition coefficient (Wildman–Crippen LogP) is 5.89. The minimum atomic E-state index is -4.37. The van der Waals surface area contributed by atoms with Gasteiger partial charge in [0.05, 0.1) is 23.6 Å². The van der Waals surface area contributed by atoms with Crippen LogP contribution in [-0.4, -0.2) is 32.9 Å². The quantitative estimate of drug-likeness (QED) is 0.255. The molecular formula is C24H30F3N3O3. The average Bonchev–Trinajstić information content (AvgIpc) is 3.32. The number of unbranched alkanes of at least 4 members (excludes halogenated alkanes) is 1. The summed E-state index contributed by atoms with van der Waals surface area (Å²) in [5, 5.41) is 13.3. The molecule has 1 aromatic heterocycles. The van der Waals surface area contributed by atoms with Gasteiger partial charge in [0.15, 0.2) is 0 Å². The first-order valence-electron chi connectivity index (χ1n) is 11.4. The molecular weight excluding hydrogens is 435 g/mol. The minimum Gasteiger partial charge on any atom is -0.481 e. The first-order valence-corrected chi connectivity index (χ1v) is 11.4. The zero-order chi connectivity index (χ0) is 23.7. The fraction of sp³-hybridized carbons (Fsp3) is 0.542. The van der Waals surface area contributed by atoms with Crippen LogP contribution in [0.4, 0.5) is 13.2 Å². The van der Waals surface area contributed by atoms with Gasteiger partial charge < -0.3 is 14.5 Å². The van der Waals surface area contributed by atoms with Gasteiger partial charge in [0, 0.05) is 24.7 Å². The summed E-state index contributed by atoms with van der Waals surface area (Å²) >= 11 is 0. The van der Waals surface area contributed by atoms with Gasteiger partial charge in [-0.3, -0.25) is 4.79 Å². The molecule has 1 fully saturated rings. The topological polar surface area (TPSA) is 76.7 Å². The number of benzene rings is 1. The maximum Gasteiger partial charge on any atom is 0.416 e. The molecule has 1 aliphatic carbocycles. The SMILES string of the molecule is O=C(O)CCCCO/N=C(\C1CCCCC1)C(Cc1ccc(C(F)(F)F)cc1)n1ccnc1. The monoisotopic (exact) mass is 465 g/mol. The Balaban J connectivity index is 1.80. The molecule has 9 heteroatoms. The van der Waals surface area contributed by atoms with Crippen molar-refractivity contribution < 1.29 is 27.9 Å². The number of hydrogen-bond acceptors (Lipinski definition) is 4. The van der Waals surface area contributed by atoms with Crippen molar-refractivity contribution in [1.29, 1.82) is 0 Å². The Morgan fingerprint density at radius 2 is 1.91 bits per heavy atom. The summed E-state index contributed by atoms with van der Waals surface area (Å²) in [6.45, 7) is 0.320. The van der Waals surface area contributed by atoms with Gasteiger partial charge in [0.25, 0.3) is 0 Å². The lowest BCUT2D eigenvalue weighted by Crippen LogP contribution is -2.30. The number of rotatable bonds is 11. The highest BCUT2D eigenvalue weighted by molar-refractivity contribution is 5.90. The second-order valence-corrected chi connectivity index (χ2v) is 8.46. The summed E-state index contributed by atoms with van der Waals surface area (Å²) < 4.78 is 40.8. The van der Waals surface area contributed by atoms with E-state index in [0.717, 1.165) is 49.1 Å². The number of nitrogens with zero attached hydrogens (tertiary/aromatic N) is 3. The number of oxime groups is 1. The summed E-state index contributed by atoms with van der Waals surface area (Å²) in [7, 11) is 0. The largest absolute Gasteiger partial charge is 0.481 e. The van der Waals surface area contributed by atoms with Gasteiger partial charge in [-0.05, 0) is 49.8 Å². The van der Waals surface area contributed by atoms with Crippen LogP contribution in [0.15, 0.2) is 48.1 Å². The van der Waals surface area contributed by atoms with Gasteiger partial charge in [-0.25, -0.2) is 4.98 Å². The van der Waals surface area contributed by atoms with Crippen LogP contribution in [0.1, 0.15) is 68.5 Å². The zero-order valence-corrected chi connectivity index (χ0v) is 18.5. The average molecular weight is 466 g/mol. The van der Waals surface area contributed by atoms with E-state index in [1.165, 1.54) is 18.6 Å². The molecule has 180 valence electrons. The first-order chi connectivity index (χ1) is 15.8. The van der Waals surface area contributed by atoms with E-state index in [1.54, 1.807) is 12.5 Å². The molecule has 0 amide bonds. The van der Waals surface area contributed by atoms with E-state index in [-0.39, 0.29) is 18.4 Å². The van der Waals surface area contributed by atoms with Crippen molar-refractivity contribution in [1.82, 2.24) is 9.55 Å². The fourth-order valence-corrected chi connectivity index (χ4v) is 4.24. The van der Waals surface area contributed by atoms with Gasteiger partial charge in [-0.1, -0.05) is 36.6 Å². The molecule has 0 bridgehead atoms. The van der Waals surface area contributed by atoms with E-state index in [9.17, 15) is 18.0 Å². The molecule has 1 N–H and O–H groups in total. The second-order valence-electron chi connectivity index (χ2n) is 8.46. The number of carboxylic acid groups (broad SMARTS) is 1. The van der Waals surface area contributed by atoms with E-state index in [2.05, 4.69) is 10.1 Å². The summed E-state index contributed by atoms with van der Waals surface area (Å²) in [6, 6.07) is 5.01. The third-order valence-corrected chi connectivity index (χ3v) is 6.01. The lowest BCUT2D eigenvalue weighted by molar-refractivity contribution is -0.138. The Bertz CT molecular complexity index is 890. The van der Waals surface area contributed by atoms with Gasteiger partial charge >= 0.3 is 12.1 Å². The third kappa shape index (κ3) is 7.61. The normalized spacial score (nSPS) is 16.5. The molecule has 2 aromatic rings. The van der Waals surface area contributed by atoms with Crippen LogP contribution in [0.25, 0.3) is 0 Å². The smallest absolute Gasteiger partial charge is 0.416 e. The number of halogens is 3. The molecule has 0 saturated heterocycles. The van der Waals surface area contributed by atoms with Gasteiger partial charge in [0.2, 0.25) is 0 Å². The van der Waals surface area contributed by atoms with Crippen LogP contribution in [0, 0.1) is 5.92 Å². The molecule has 0 aliphatic heterocycles. The summed E-state index contributed by atoms with van der Waals surface area (Å²) in [4.78, 5) is 20.5. The van der Waals surface area contributed by atoms with Crippen LogP contribution < -0.4 is 0 Å². The molecule has 1 unspecified atom stereocenters. The van der Waals surface area contributed by atoms with Gasteiger partial charge in [-0.2, -0.15) is 13.2 Å². The van der Waals surface area contributed by atoms with Crippen LogP contribution in [0.2, 0.25) is 0 Å². The predicted molar refractivity (Wildman–Crippen MR) is 118 cm³/mol. The minimum absolute atomic E-state index is 0.0914. The zero-order valence-electron chi connectivity index (χ0n) is 18.5. The highest BCUT2D eigenvalue weighted by atomic mass is 19.4. The number of alkyl halides is 3. The number of carbonyl (C=O) groups is 1. The van der Waals surface area contributed by atoms with Crippen molar-refractivity contribution in [3.05, 3.63) is 54.1 Å². The summed E-state index contributed by atoms with van der Waals surface area (Å²) in [6.07, 6.45) is 7.82. The van der Waals surface area contributed by atoms with Gasteiger partial charge in [-0.15, -0.1) is 0 Å². The standard InChI is InChI=1S/C24H30F3N3O3/c25-24(26,27)20-11-9-18(10-12-20)16-21(30-14-13-28-17-30)23(19-6-2-1-3-7-19)29-33-15-5-4-8-22(31)32/h9-14,17,19,21H,1-8,15-16H2,(H,31,32)/b29-23+. The van der Waals surface area contributed by atoms with E-state index in [4.69, 9.17) is 9.94 Å². The van der Waals surface area contributed by atoms with E-state index >= 15 is 0 Å². The maximum atomic E-state index is 13.0. The molecule has 6 nitrogen and oxygen atoms in total. The third-order valence-electron chi connectivity index (χ3n) is 6.01. The number of imidazole rings is 1. The maximum absolute atomic E-state index is 13.0. The van der Waals surface area contributed by atoms with E-state index in [1.807, 2.05) is 10.8 Å². The molecule has 1 aromatic carbocycles. The fourth-order valence-electron chi connectivity index (χ4n) is 4.24. The van der Waals surface area contributed by atoms with E-state index in [0.29, 0.717) is 25.9 Å². The number of hydrogen-bond donors (Lipinski definition) is 1. The van der Waals surface area contributed by atoms with Crippen molar-refractivity contribution in [2.24, 2.45) is 11.1 Å². The first kappa shape index (κ1) is 24.8. The summed E-state index contributed by atoms with van der Waals surface area (Å²) in [5.41, 5.74) is 0.966. The molecule has 33 heavy (non-hydrogen) atoms. The molecule has 0 radical (unpaired) electrons. The van der Waals surface area contributed by atoms with Crippen LogP contribution in [0.5, 0.6) is 0 Å². The molecule has 1 aliphatic rings. The van der Waals surface area contributed by atoms with Crippen LogP contribution >= 0.6 is 0 Å². The molecule has 1 saturated carbocycles. The Labute approximate surface area is 191 Å². The lowest BCUT2D eigenvalue weighted by atomic mass is 9.82. The number of aromatic nitrogens is 2. The summed E-state index contributed by atoms with van der Waals surface area (Å²) in [5.74, 6) is -0.613. The lowest BCUT2D eigenvalue weighted by Gasteiger charge is -2.29. The Hall–Kier alpha value is -2.84. The number of carboxylic acids is 1. The van der Waals surface area contributed by atoms with Crippen molar-refractivity contribution in [3.63, 3.8) is 0 Å². The highest BCUT2D eigenvalue weighted by Gasteiger charge is 2.31. The van der Waals surface area contributed by atoms with Crippen molar-refractivity contribution in [2.75, 3.05) is 6.61 Å². The molecule has 1 atom stereocenters. The molecule has 3 rings (SSSR count). The number of aliphatic carboxylic acids is 1. The Kier molecular flexibility index (Phi) is 8.91. The van der Waals surface area contributed by atoms with Crippen LogP contribution in [0.3, 0.4) is 0 Å². The highest BCUT2D eigenvalue weighted by Crippen LogP contribution is 2.32. The Morgan fingerprint density at radius 1 is 1.18 bits per heavy atom. The van der Waals surface area contributed by atoms with Crippen molar-refractivity contribution in [2.45, 2.75) is 70.0 Å². The van der Waals surface area contributed by atoms with Crippen LogP contribution in [-0.2, 0) is 22.2 Å². The second kappa shape index (κ2) is 11.9. The van der Waals surface area contributed by atoms with Gasteiger partial charge in [0.1, 0.15) is 6.61 Å². The Morgan fingerprint density at radius 3 is 2.52 bits per heavy atom. The van der Waals surface area contributed by atoms with E-state index < -0.39 is 17.7 Å². The molecule has 1 heterocycles. The molecule has 0 spiro atoms.